The normalized spacial score (nSPS) is 16.4. The van der Waals surface area contributed by atoms with Crippen LogP contribution < -0.4 is 5.32 Å². The zero-order chi connectivity index (χ0) is 19.7. The van der Waals surface area contributed by atoms with Gasteiger partial charge in [0.2, 0.25) is 0 Å². The molecule has 146 valence electrons. The molecule has 0 aromatic carbocycles. The molecule has 1 amide bonds. The van der Waals surface area contributed by atoms with Crippen LogP contribution in [0.15, 0.2) is 36.9 Å². The van der Waals surface area contributed by atoms with E-state index in [-0.39, 0.29) is 17.4 Å². The van der Waals surface area contributed by atoms with Crippen LogP contribution in [-0.4, -0.2) is 30.9 Å². The van der Waals surface area contributed by atoms with E-state index in [2.05, 4.69) is 46.4 Å². The highest BCUT2D eigenvalue weighted by Gasteiger charge is 2.30. The van der Waals surface area contributed by atoms with Crippen molar-refractivity contribution in [1.29, 1.82) is 0 Å². The number of hydrogen-bond donors (Lipinski definition) is 2. The number of pyridine rings is 1. The summed E-state index contributed by atoms with van der Waals surface area (Å²) in [5.74, 6) is -0.189. The van der Waals surface area contributed by atoms with Gasteiger partial charge in [0, 0.05) is 29.8 Å². The number of nitrogens with zero attached hydrogens (tertiary/aromatic N) is 4. The van der Waals surface area contributed by atoms with Crippen molar-refractivity contribution in [2.45, 2.75) is 52.5 Å². The number of H-pyrrole nitrogens is 1. The summed E-state index contributed by atoms with van der Waals surface area (Å²) in [6.45, 7) is 6.60. The van der Waals surface area contributed by atoms with E-state index in [9.17, 15) is 4.79 Å². The molecule has 1 aliphatic carbocycles. The lowest BCUT2D eigenvalue weighted by atomic mass is 9.76. The minimum absolute atomic E-state index is 0.0831. The van der Waals surface area contributed by atoms with Crippen molar-refractivity contribution in [2.24, 2.45) is 5.41 Å². The molecular formula is C21H26N6O. The topological polar surface area (TPSA) is 88.5 Å². The molecule has 2 N–H and O–H groups in total. The average Bonchev–Trinajstić information content (AvgIpc) is 3.29. The fourth-order valence-electron chi connectivity index (χ4n) is 3.95. The maximum atomic E-state index is 12.8. The Kier molecular flexibility index (Phi) is 4.75. The Bertz CT molecular complexity index is 972. The number of fused-ring (bicyclic) bond motifs is 1. The van der Waals surface area contributed by atoms with Crippen molar-refractivity contribution in [3.8, 4) is 0 Å². The molecule has 0 fully saturated rings. The van der Waals surface area contributed by atoms with Crippen molar-refractivity contribution in [3.05, 3.63) is 59.4 Å². The zero-order valence-electron chi connectivity index (χ0n) is 16.6. The highest BCUT2D eigenvalue weighted by molar-refractivity contribution is 6.03. The van der Waals surface area contributed by atoms with Gasteiger partial charge in [-0.3, -0.25) is 19.6 Å². The second-order valence-corrected chi connectivity index (χ2v) is 8.24. The summed E-state index contributed by atoms with van der Waals surface area (Å²) < 4.78 is 1.87. The van der Waals surface area contributed by atoms with E-state index >= 15 is 0 Å². The van der Waals surface area contributed by atoms with Crippen molar-refractivity contribution >= 4 is 11.6 Å². The number of amides is 1. The molecule has 28 heavy (non-hydrogen) atoms. The molecule has 0 radical (unpaired) electrons. The highest BCUT2D eigenvalue weighted by atomic mass is 16.2. The second-order valence-electron chi connectivity index (χ2n) is 8.24. The molecule has 3 aromatic heterocycles. The van der Waals surface area contributed by atoms with E-state index in [0.29, 0.717) is 11.4 Å². The molecule has 1 aliphatic rings. The van der Waals surface area contributed by atoms with Gasteiger partial charge in [0.05, 0.1) is 17.9 Å². The Labute approximate surface area is 164 Å². The van der Waals surface area contributed by atoms with Crippen LogP contribution in [0.4, 0.5) is 5.69 Å². The number of anilines is 1. The van der Waals surface area contributed by atoms with E-state index in [4.69, 9.17) is 0 Å². The average molecular weight is 378 g/mol. The summed E-state index contributed by atoms with van der Waals surface area (Å²) in [6.07, 6.45) is 10.9. The molecule has 1 unspecified atom stereocenters. The highest BCUT2D eigenvalue weighted by Crippen LogP contribution is 2.35. The lowest BCUT2D eigenvalue weighted by molar-refractivity contribution is 0.102. The monoisotopic (exact) mass is 378 g/mol. The maximum Gasteiger partial charge on any atom is 0.276 e. The first-order valence-corrected chi connectivity index (χ1v) is 9.78. The second kappa shape index (κ2) is 7.22. The number of nitrogens with one attached hydrogen (secondary N) is 2. The van der Waals surface area contributed by atoms with Gasteiger partial charge >= 0.3 is 0 Å². The predicted molar refractivity (Wildman–Crippen MR) is 107 cm³/mol. The summed E-state index contributed by atoms with van der Waals surface area (Å²) in [7, 11) is 0. The minimum Gasteiger partial charge on any atom is -0.318 e. The first kappa shape index (κ1) is 18.4. The Balaban J connectivity index is 1.50. The number of hydrogen-bond acceptors (Lipinski definition) is 4. The number of aromatic amines is 1. The third kappa shape index (κ3) is 3.56. The molecule has 0 aliphatic heterocycles. The van der Waals surface area contributed by atoms with Gasteiger partial charge in [0.25, 0.3) is 5.91 Å². The van der Waals surface area contributed by atoms with Gasteiger partial charge in [-0.05, 0) is 42.7 Å². The SMILES string of the molecule is CCC(c1cccnc1)n1cc(NC(=O)c2n[nH]c3c2CCC(C)(C)C3)cn1. The van der Waals surface area contributed by atoms with Crippen LogP contribution in [0, 0.1) is 5.41 Å². The summed E-state index contributed by atoms with van der Waals surface area (Å²) in [5.41, 5.74) is 4.63. The first-order valence-electron chi connectivity index (χ1n) is 9.78. The number of carbonyl (C=O) groups is 1. The van der Waals surface area contributed by atoms with E-state index in [1.54, 1.807) is 12.4 Å². The van der Waals surface area contributed by atoms with E-state index in [0.717, 1.165) is 42.5 Å². The third-order valence-corrected chi connectivity index (χ3v) is 5.51. The third-order valence-electron chi connectivity index (χ3n) is 5.51. The van der Waals surface area contributed by atoms with Gasteiger partial charge in [-0.15, -0.1) is 0 Å². The number of rotatable bonds is 5. The van der Waals surface area contributed by atoms with Gasteiger partial charge < -0.3 is 5.32 Å². The smallest absolute Gasteiger partial charge is 0.276 e. The van der Waals surface area contributed by atoms with Crippen LogP contribution >= 0.6 is 0 Å². The van der Waals surface area contributed by atoms with Gasteiger partial charge in [-0.2, -0.15) is 10.2 Å². The van der Waals surface area contributed by atoms with E-state index in [1.165, 1.54) is 0 Å². The van der Waals surface area contributed by atoms with Crippen LogP contribution in [0.25, 0.3) is 0 Å². The van der Waals surface area contributed by atoms with E-state index < -0.39 is 0 Å². The Morgan fingerprint density at radius 1 is 1.39 bits per heavy atom. The fourth-order valence-corrected chi connectivity index (χ4v) is 3.95. The molecule has 0 spiro atoms. The van der Waals surface area contributed by atoms with E-state index in [1.807, 2.05) is 29.2 Å². The van der Waals surface area contributed by atoms with Gasteiger partial charge in [-0.1, -0.05) is 26.8 Å². The molecule has 7 nitrogen and oxygen atoms in total. The quantitative estimate of drug-likeness (QED) is 0.707. The van der Waals surface area contributed by atoms with Crippen LogP contribution in [0.2, 0.25) is 0 Å². The summed E-state index contributed by atoms with van der Waals surface area (Å²) in [4.78, 5) is 17.0. The maximum absolute atomic E-state index is 12.8. The Morgan fingerprint density at radius 2 is 2.25 bits per heavy atom. The van der Waals surface area contributed by atoms with Crippen LogP contribution in [0.1, 0.15) is 67.0 Å². The summed E-state index contributed by atoms with van der Waals surface area (Å²) in [6, 6.07) is 4.05. The van der Waals surface area contributed by atoms with Crippen molar-refractivity contribution in [2.75, 3.05) is 5.32 Å². The molecule has 4 rings (SSSR count). The molecule has 7 heteroatoms. The lowest BCUT2D eigenvalue weighted by Crippen LogP contribution is -2.23. The fraction of sp³-hybridized carbons (Fsp3) is 0.429. The van der Waals surface area contributed by atoms with Crippen molar-refractivity contribution < 1.29 is 4.79 Å². The summed E-state index contributed by atoms with van der Waals surface area (Å²) >= 11 is 0. The molecular weight excluding hydrogens is 352 g/mol. The zero-order valence-corrected chi connectivity index (χ0v) is 16.6. The lowest BCUT2D eigenvalue weighted by Gasteiger charge is -2.28. The Hall–Kier alpha value is -2.96. The number of aromatic nitrogens is 5. The molecule has 1 atom stereocenters. The summed E-state index contributed by atoms with van der Waals surface area (Å²) in [5, 5.41) is 14.8. The molecule has 0 saturated heterocycles. The predicted octanol–water partition coefficient (Wildman–Crippen LogP) is 3.77. The van der Waals surface area contributed by atoms with Crippen molar-refractivity contribution in [3.63, 3.8) is 0 Å². The van der Waals surface area contributed by atoms with Crippen molar-refractivity contribution in [1.82, 2.24) is 25.0 Å². The first-order chi connectivity index (χ1) is 13.5. The Morgan fingerprint density at radius 3 is 3.00 bits per heavy atom. The van der Waals surface area contributed by atoms with Gasteiger partial charge in [0.1, 0.15) is 0 Å². The molecule has 0 bridgehead atoms. The standard InChI is InChI=1S/C21H26N6O/c1-4-18(14-6-5-9-22-11-14)27-13-15(12-23-27)24-20(28)19-16-7-8-21(2,3)10-17(16)25-26-19/h5-6,9,11-13,18H,4,7-8,10H2,1-3H3,(H,24,28)(H,25,26). The van der Waals surface area contributed by atoms with Crippen LogP contribution in [-0.2, 0) is 12.8 Å². The van der Waals surface area contributed by atoms with Gasteiger partial charge in [-0.25, -0.2) is 0 Å². The van der Waals surface area contributed by atoms with Crippen LogP contribution in [0.5, 0.6) is 0 Å². The van der Waals surface area contributed by atoms with Gasteiger partial charge in [0.15, 0.2) is 5.69 Å². The molecule has 3 aromatic rings. The largest absolute Gasteiger partial charge is 0.318 e. The van der Waals surface area contributed by atoms with Crippen LogP contribution in [0.3, 0.4) is 0 Å². The number of carbonyl (C=O) groups excluding carboxylic acids is 1. The molecule has 3 heterocycles. The molecule has 0 saturated carbocycles. The minimum atomic E-state index is -0.189.